The molecule has 0 aliphatic carbocycles. The minimum absolute atomic E-state index is 0.274. The van der Waals surface area contributed by atoms with Gasteiger partial charge in [0.2, 0.25) is 0 Å². The highest BCUT2D eigenvalue weighted by Crippen LogP contribution is 2.26. The highest BCUT2D eigenvalue weighted by molar-refractivity contribution is 5.79. The lowest BCUT2D eigenvalue weighted by Gasteiger charge is -2.05. The van der Waals surface area contributed by atoms with E-state index in [1.807, 2.05) is 25.1 Å². The molecule has 1 aromatic heterocycles. The highest BCUT2D eigenvalue weighted by atomic mass is 19.1. The lowest BCUT2D eigenvalue weighted by molar-refractivity contribution is 0.412. The van der Waals surface area contributed by atoms with Crippen molar-refractivity contribution in [2.24, 2.45) is 0 Å². The maximum Gasteiger partial charge on any atom is 0.138 e. The number of fused-ring (bicyclic) bond motifs is 1. The summed E-state index contributed by atoms with van der Waals surface area (Å²) in [4.78, 5) is 7.57. The molecule has 1 heterocycles. The average molecular weight is 256 g/mol. The van der Waals surface area contributed by atoms with Gasteiger partial charge in [0.15, 0.2) is 0 Å². The molecule has 19 heavy (non-hydrogen) atoms. The van der Waals surface area contributed by atoms with Crippen molar-refractivity contribution in [3.8, 4) is 17.1 Å². The fourth-order valence-electron chi connectivity index (χ4n) is 2.09. The quantitative estimate of drug-likeness (QED) is 0.759. The number of nitrogens with one attached hydrogen (secondary N) is 1. The molecule has 3 nitrogen and oxygen atoms in total. The molecular formula is C15H13FN2O. The molecule has 3 rings (SSSR count). The topological polar surface area (TPSA) is 37.9 Å². The normalized spacial score (nSPS) is 10.9. The number of nitrogens with zero attached hydrogens (tertiary/aromatic N) is 1. The zero-order valence-electron chi connectivity index (χ0n) is 10.7. The van der Waals surface area contributed by atoms with E-state index >= 15 is 0 Å². The van der Waals surface area contributed by atoms with Gasteiger partial charge < -0.3 is 9.72 Å². The zero-order chi connectivity index (χ0) is 13.4. The Morgan fingerprint density at radius 1 is 1.16 bits per heavy atom. The lowest BCUT2D eigenvalue weighted by Crippen LogP contribution is -1.88. The number of aromatic nitrogens is 2. The van der Waals surface area contributed by atoms with Gasteiger partial charge >= 0.3 is 0 Å². The van der Waals surface area contributed by atoms with Crippen molar-refractivity contribution in [1.82, 2.24) is 9.97 Å². The number of aryl methyl sites for hydroxylation is 1. The molecule has 0 fully saturated rings. The van der Waals surface area contributed by atoms with Gasteiger partial charge in [0.25, 0.3) is 0 Å². The Morgan fingerprint density at radius 2 is 2.00 bits per heavy atom. The van der Waals surface area contributed by atoms with Crippen LogP contribution < -0.4 is 4.74 Å². The fraction of sp³-hybridized carbons (Fsp3) is 0.133. The van der Waals surface area contributed by atoms with E-state index < -0.39 is 0 Å². The number of halogens is 1. The first-order valence-electron chi connectivity index (χ1n) is 5.97. The third kappa shape index (κ3) is 2.05. The predicted octanol–water partition coefficient (Wildman–Crippen LogP) is 3.69. The van der Waals surface area contributed by atoms with E-state index in [1.165, 1.54) is 12.1 Å². The molecule has 4 heteroatoms. The molecule has 0 spiro atoms. The number of benzene rings is 2. The first-order chi connectivity index (χ1) is 9.17. The molecule has 0 aliphatic rings. The summed E-state index contributed by atoms with van der Waals surface area (Å²) in [7, 11) is 1.64. The molecule has 0 atom stereocenters. The summed E-state index contributed by atoms with van der Waals surface area (Å²) in [5.41, 5.74) is 3.41. The molecule has 3 aromatic rings. The number of rotatable bonds is 2. The molecule has 0 unspecified atom stereocenters. The number of hydrogen-bond acceptors (Lipinski definition) is 2. The maximum absolute atomic E-state index is 13.2. The molecule has 0 amide bonds. The van der Waals surface area contributed by atoms with Crippen molar-refractivity contribution in [3.63, 3.8) is 0 Å². The van der Waals surface area contributed by atoms with Crippen LogP contribution >= 0.6 is 0 Å². The molecule has 1 N–H and O–H groups in total. The standard InChI is InChI=1S/C15H13FN2O/c1-9-3-4-10(7-14(9)19-2)15-17-12-6-5-11(16)8-13(12)18-15/h3-8H,1-2H3,(H,17,18). The van der Waals surface area contributed by atoms with Crippen LogP contribution in [0, 0.1) is 12.7 Å². The highest BCUT2D eigenvalue weighted by Gasteiger charge is 2.08. The largest absolute Gasteiger partial charge is 0.496 e. The minimum atomic E-state index is -0.274. The smallest absolute Gasteiger partial charge is 0.138 e. The second-order valence-electron chi connectivity index (χ2n) is 4.43. The Hall–Kier alpha value is -2.36. The number of ether oxygens (including phenoxy) is 1. The number of hydrogen-bond donors (Lipinski definition) is 1. The van der Waals surface area contributed by atoms with Crippen molar-refractivity contribution in [2.75, 3.05) is 7.11 Å². The van der Waals surface area contributed by atoms with E-state index in [9.17, 15) is 4.39 Å². The summed E-state index contributed by atoms with van der Waals surface area (Å²) < 4.78 is 18.5. The summed E-state index contributed by atoms with van der Waals surface area (Å²) in [5.74, 6) is 1.24. The fourth-order valence-corrected chi connectivity index (χ4v) is 2.09. The zero-order valence-corrected chi connectivity index (χ0v) is 10.7. The third-order valence-electron chi connectivity index (χ3n) is 3.13. The van der Waals surface area contributed by atoms with Crippen molar-refractivity contribution < 1.29 is 9.13 Å². The maximum atomic E-state index is 13.2. The number of imidazole rings is 1. The van der Waals surface area contributed by atoms with Crippen LogP contribution in [-0.2, 0) is 0 Å². The molecular weight excluding hydrogens is 243 g/mol. The minimum Gasteiger partial charge on any atom is -0.496 e. The van der Waals surface area contributed by atoms with Gasteiger partial charge in [-0.25, -0.2) is 9.37 Å². The van der Waals surface area contributed by atoms with Crippen LogP contribution in [0.5, 0.6) is 5.75 Å². The van der Waals surface area contributed by atoms with Gasteiger partial charge in [0.05, 0.1) is 18.1 Å². The summed E-state index contributed by atoms with van der Waals surface area (Å²) in [6.45, 7) is 1.98. The Balaban J connectivity index is 2.13. The van der Waals surface area contributed by atoms with E-state index in [4.69, 9.17) is 4.74 Å². The van der Waals surface area contributed by atoms with E-state index in [2.05, 4.69) is 9.97 Å². The van der Waals surface area contributed by atoms with Gasteiger partial charge in [-0.3, -0.25) is 0 Å². The van der Waals surface area contributed by atoms with Crippen molar-refractivity contribution in [1.29, 1.82) is 0 Å². The van der Waals surface area contributed by atoms with Crippen LogP contribution in [-0.4, -0.2) is 17.1 Å². The van der Waals surface area contributed by atoms with Crippen LogP contribution in [0.25, 0.3) is 22.4 Å². The molecule has 96 valence electrons. The molecule has 0 aliphatic heterocycles. The van der Waals surface area contributed by atoms with Gasteiger partial charge in [0, 0.05) is 5.56 Å². The van der Waals surface area contributed by atoms with Gasteiger partial charge in [-0.15, -0.1) is 0 Å². The second kappa shape index (κ2) is 4.39. The lowest BCUT2D eigenvalue weighted by atomic mass is 10.1. The SMILES string of the molecule is COc1cc(-c2nc3ccc(F)cc3[nH]2)ccc1C. The molecule has 2 aromatic carbocycles. The third-order valence-corrected chi connectivity index (χ3v) is 3.13. The summed E-state index contributed by atoms with van der Waals surface area (Å²) in [6, 6.07) is 10.4. The summed E-state index contributed by atoms with van der Waals surface area (Å²) in [6.07, 6.45) is 0. The first-order valence-corrected chi connectivity index (χ1v) is 5.97. The first kappa shape index (κ1) is 11.7. The predicted molar refractivity (Wildman–Crippen MR) is 72.8 cm³/mol. The Labute approximate surface area is 110 Å². The summed E-state index contributed by atoms with van der Waals surface area (Å²) in [5, 5.41) is 0. The Kier molecular flexibility index (Phi) is 2.71. The van der Waals surface area contributed by atoms with Gasteiger partial charge in [-0.1, -0.05) is 12.1 Å². The van der Waals surface area contributed by atoms with E-state index in [1.54, 1.807) is 13.2 Å². The van der Waals surface area contributed by atoms with Crippen molar-refractivity contribution in [3.05, 3.63) is 47.8 Å². The van der Waals surface area contributed by atoms with E-state index in [0.29, 0.717) is 11.3 Å². The van der Waals surface area contributed by atoms with Crippen LogP contribution in [0.2, 0.25) is 0 Å². The van der Waals surface area contributed by atoms with Crippen molar-refractivity contribution in [2.45, 2.75) is 6.92 Å². The van der Waals surface area contributed by atoms with Gasteiger partial charge in [-0.2, -0.15) is 0 Å². The molecule has 0 radical (unpaired) electrons. The van der Waals surface area contributed by atoms with Crippen LogP contribution in [0.1, 0.15) is 5.56 Å². The van der Waals surface area contributed by atoms with E-state index in [0.717, 1.165) is 22.4 Å². The average Bonchev–Trinajstić information content (AvgIpc) is 2.82. The number of aromatic amines is 1. The van der Waals surface area contributed by atoms with Crippen LogP contribution in [0.15, 0.2) is 36.4 Å². The second-order valence-corrected chi connectivity index (χ2v) is 4.43. The molecule has 0 saturated carbocycles. The summed E-state index contributed by atoms with van der Waals surface area (Å²) >= 11 is 0. The van der Waals surface area contributed by atoms with Gasteiger partial charge in [-0.05, 0) is 36.8 Å². The van der Waals surface area contributed by atoms with Crippen molar-refractivity contribution >= 4 is 11.0 Å². The monoisotopic (exact) mass is 256 g/mol. The number of H-pyrrole nitrogens is 1. The van der Waals surface area contributed by atoms with Gasteiger partial charge in [0.1, 0.15) is 17.4 Å². The van der Waals surface area contributed by atoms with Crippen LogP contribution in [0.4, 0.5) is 4.39 Å². The Morgan fingerprint density at radius 3 is 2.79 bits per heavy atom. The molecule has 0 saturated heterocycles. The van der Waals surface area contributed by atoms with E-state index in [-0.39, 0.29) is 5.82 Å². The molecule has 0 bridgehead atoms. The Bertz CT molecular complexity index is 749. The number of methoxy groups -OCH3 is 1. The van der Waals surface area contributed by atoms with Crippen LogP contribution in [0.3, 0.4) is 0 Å².